The Bertz CT molecular complexity index is 556. The standard InChI is InChI=1S/C25H44O5/c1-8-21(27-5)18(4)19-12-13-20(19)24(26)16(2)10-9-11-17(3)25-22(28-6)14-15-23(29-7)30-25/h9-11,16,18-26H,8,12-15H2,1-7H3/b10-9+,17-11+/t16-,18-,19+,20-,21-,22-,23-,24+,25-/m0/s1. The minimum atomic E-state index is -0.318. The van der Waals surface area contributed by atoms with E-state index in [0.29, 0.717) is 17.8 Å². The molecule has 9 atom stereocenters. The van der Waals surface area contributed by atoms with Gasteiger partial charge in [0.05, 0.1) is 18.3 Å². The molecule has 1 aliphatic heterocycles. The Morgan fingerprint density at radius 3 is 2.30 bits per heavy atom. The van der Waals surface area contributed by atoms with Crippen LogP contribution in [0.2, 0.25) is 0 Å². The number of allylic oxidation sites excluding steroid dienone is 2. The normalized spacial score (nSPS) is 34.4. The first kappa shape index (κ1) is 25.5. The van der Waals surface area contributed by atoms with E-state index in [-0.39, 0.29) is 36.6 Å². The smallest absolute Gasteiger partial charge is 0.158 e. The molecule has 2 rings (SSSR count). The van der Waals surface area contributed by atoms with Gasteiger partial charge in [-0.25, -0.2) is 0 Å². The quantitative estimate of drug-likeness (QED) is 0.486. The second-order valence-corrected chi connectivity index (χ2v) is 9.17. The van der Waals surface area contributed by atoms with Crippen LogP contribution in [-0.4, -0.2) is 57.1 Å². The van der Waals surface area contributed by atoms with Gasteiger partial charge in [-0.1, -0.05) is 39.0 Å². The molecule has 0 spiro atoms. The molecule has 1 saturated carbocycles. The number of hydrogen-bond acceptors (Lipinski definition) is 5. The topological polar surface area (TPSA) is 57.2 Å². The van der Waals surface area contributed by atoms with E-state index in [4.69, 9.17) is 18.9 Å². The van der Waals surface area contributed by atoms with Crippen LogP contribution in [0.25, 0.3) is 0 Å². The van der Waals surface area contributed by atoms with Gasteiger partial charge in [-0.2, -0.15) is 0 Å². The lowest BCUT2D eigenvalue weighted by Gasteiger charge is -2.46. The first-order valence-corrected chi connectivity index (χ1v) is 11.6. The van der Waals surface area contributed by atoms with Crippen molar-refractivity contribution >= 4 is 0 Å². The van der Waals surface area contributed by atoms with E-state index in [1.54, 1.807) is 21.3 Å². The fourth-order valence-electron chi connectivity index (χ4n) is 5.22. The molecule has 30 heavy (non-hydrogen) atoms. The minimum Gasteiger partial charge on any atom is -0.392 e. The number of aliphatic hydroxyl groups is 1. The van der Waals surface area contributed by atoms with Gasteiger partial charge in [-0.3, -0.25) is 0 Å². The summed E-state index contributed by atoms with van der Waals surface area (Å²) in [6.45, 7) is 8.62. The predicted molar refractivity (Wildman–Crippen MR) is 120 cm³/mol. The lowest BCUT2D eigenvalue weighted by Crippen LogP contribution is -2.45. The molecule has 0 bridgehead atoms. The third-order valence-electron chi connectivity index (χ3n) is 7.44. The van der Waals surface area contributed by atoms with Crippen molar-refractivity contribution in [1.82, 2.24) is 0 Å². The maximum Gasteiger partial charge on any atom is 0.158 e. The summed E-state index contributed by atoms with van der Waals surface area (Å²) < 4.78 is 22.7. The van der Waals surface area contributed by atoms with Gasteiger partial charge in [0.15, 0.2) is 6.29 Å². The Morgan fingerprint density at radius 1 is 1.07 bits per heavy atom. The number of ether oxygens (including phenoxy) is 4. The Hall–Kier alpha value is -0.720. The molecule has 5 nitrogen and oxygen atoms in total. The summed E-state index contributed by atoms with van der Waals surface area (Å²) in [7, 11) is 5.22. The van der Waals surface area contributed by atoms with E-state index >= 15 is 0 Å². The van der Waals surface area contributed by atoms with Gasteiger partial charge in [0.1, 0.15) is 6.10 Å². The van der Waals surface area contributed by atoms with E-state index in [0.717, 1.165) is 31.3 Å². The van der Waals surface area contributed by atoms with Gasteiger partial charge in [0.25, 0.3) is 0 Å². The third kappa shape index (κ3) is 6.17. The highest BCUT2D eigenvalue weighted by atomic mass is 16.7. The van der Waals surface area contributed by atoms with Crippen LogP contribution in [0.5, 0.6) is 0 Å². The maximum atomic E-state index is 11.0. The third-order valence-corrected chi connectivity index (χ3v) is 7.44. The molecule has 0 aromatic rings. The van der Waals surface area contributed by atoms with E-state index in [1.807, 2.05) is 0 Å². The summed E-state index contributed by atoms with van der Waals surface area (Å²) in [5.74, 6) is 1.49. The van der Waals surface area contributed by atoms with E-state index in [9.17, 15) is 5.11 Å². The van der Waals surface area contributed by atoms with Gasteiger partial charge in [0, 0.05) is 33.7 Å². The van der Waals surface area contributed by atoms with Crippen LogP contribution < -0.4 is 0 Å². The molecule has 0 amide bonds. The van der Waals surface area contributed by atoms with Crippen molar-refractivity contribution in [1.29, 1.82) is 0 Å². The van der Waals surface area contributed by atoms with Gasteiger partial charge in [0.2, 0.25) is 0 Å². The Morgan fingerprint density at radius 2 is 1.77 bits per heavy atom. The second kappa shape index (κ2) is 12.4. The highest BCUT2D eigenvalue weighted by Gasteiger charge is 2.42. The van der Waals surface area contributed by atoms with E-state index in [2.05, 4.69) is 45.9 Å². The van der Waals surface area contributed by atoms with Crippen LogP contribution in [0.3, 0.4) is 0 Å². The fourth-order valence-corrected chi connectivity index (χ4v) is 5.22. The minimum absolute atomic E-state index is 0.0496. The van der Waals surface area contributed by atoms with Gasteiger partial charge >= 0.3 is 0 Å². The van der Waals surface area contributed by atoms with Gasteiger partial charge in [-0.05, 0) is 55.9 Å². The molecule has 0 radical (unpaired) electrons. The molecule has 2 fully saturated rings. The zero-order chi connectivity index (χ0) is 22.3. The molecule has 1 saturated heterocycles. The van der Waals surface area contributed by atoms with Gasteiger partial charge in [-0.15, -0.1) is 0 Å². The summed E-state index contributed by atoms with van der Waals surface area (Å²) in [4.78, 5) is 0. The van der Waals surface area contributed by atoms with Crippen molar-refractivity contribution in [3.63, 3.8) is 0 Å². The summed E-state index contributed by atoms with van der Waals surface area (Å²) in [6.07, 6.45) is 11.1. The molecule has 5 heteroatoms. The Balaban J connectivity index is 1.94. The van der Waals surface area contributed by atoms with Crippen LogP contribution in [0.4, 0.5) is 0 Å². The summed E-state index contributed by atoms with van der Waals surface area (Å²) in [5, 5.41) is 11.0. The molecule has 174 valence electrons. The number of methoxy groups -OCH3 is 3. The van der Waals surface area contributed by atoms with Crippen molar-refractivity contribution in [2.75, 3.05) is 21.3 Å². The highest BCUT2D eigenvalue weighted by molar-refractivity contribution is 5.17. The maximum absolute atomic E-state index is 11.0. The molecule has 0 aromatic heterocycles. The van der Waals surface area contributed by atoms with Crippen LogP contribution in [0, 0.1) is 23.7 Å². The average molecular weight is 425 g/mol. The molecular weight excluding hydrogens is 380 g/mol. The van der Waals surface area contributed by atoms with Gasteiger partial charge < -0.3 is 24.1 Å². The van der Waals surface area contributed by atoms with Crippen LogP contribution in [-0.2, 0) is 18.9 Å². The lowest BCUT2D eigenvalue weighted by molar-refractivity contribution is -0.205. The zero-order valence-corrected chi connectivity index (χ0v) is 20.0. The van der Waals surface area contributed by atoms with Crippen molar-refractivity contribution in [3.8, 4) is 0 Å². The van der Waals surface area contributed by atoms with E-state index in [1.165, 1.54) is 6.42 Å². The average Bonchev–Trinajstić information content (AvgIpc) is 2.72. The molecular formula is C25H44O5. The van der Waals surface area contributed by atoms with Crippen LogP contribution >= 0.6 is 0 Å². The largest absolute Gasteiger partial charge is 0.392 e. The zero-order valence-electron chi connectivity index (χ0n) is 20.0. The van der Waals surface area contributed by atoms with Crippen LogP contribution in [0.1, 0.15) is 59.8 Å². The number of rotatable bonds is 11. The van der Waals surface area contributed by atoms with Crippen molar-refractivity contribution < 1.29 is 24.1 Å². The fraction of sp³-hybridized carbons (Fsp3) is 0.840. The van der Waals surface area contributed by atoms with Crippen LogP contribution in [0.15, 0.2) is 23.8 Å². The van der Waals surface area contributed by atoms with E-state index < -0.39 is 0 Å². The van der Waals surface area contributed by atoms with Crippen molar-refractivity contribution in [3.05, 3.63) is 23.8 Å². The first-order chi connectivity index (χ1) is 14.4. The van der Waals surface area contributed by atoms with Crippen molar-refractivity contribution in [2.24, 2.45) is 23.7 Å². The lowest BCUT2D eigenvalue weighted by atomic mass is 9.62. The highest BCUT2D eigenvalue weighted by Crippen LogP contribution is 2.45. The Labute approximate surface area is 183 Å². The molecule has 1 aliphatic carbocycles. The summed E-state index contributed by atoms with van der Waals surface area (Å²) in [5.41, 5.74) is 1.11. The summed E-state index contributed by atoms with van der Waals surface area (Å²) >= 11 is 0. The van der Waals surface area contributed by atoms with Crippen molar-refractivity contribution in [2.45, 2.75) is 90.5 Å². The SMILES string of the molecule is CC[C@H](OC)[C@@H](C)[C@H]1CC[C@@H]1[C@H](O)[C@@H](C)/C=C/C=C(\C)[C@@H]1O[C@H](OC)CC[C@@H]1OC. The molecule has 1 heterocycles. The predicted octanol–water partition coefficient (Wildman–Crippen LogP) is 4.74. The molecule has 0 unspecified atom stereocenters. The molecule has 1 N–H and O–H groups in total. The monoisotopic (exact) mass is 424 g/mol. The number of hydrogen-bond donors (Lipinski definition) is 1. The molecule has 0 aromatic carbocycles. The number of aliphatic hydroxyl groups excluding tert-OH is 1. The second-order valence-electron chi connectivity index (χ2n) is 9.17. The summed E-state index contributed by atoms with van der Waals surface area (Å²) in [6, 6.07) is 0. The Kier molecular flexibility index (Phi) is 10.5. The first-order valence-electron chi connectivity index (χ1n) is 11.6. The molecule has 2 aliphatic rings.